The van der Waals surface area contributed by atoms with Crippen molar-refractivity contribution in [1.29, 1.82) is 5.26 Å². The summed E-state index contributed by atoms with van der Waals surface area (Å²) in [7, 11) is 0. The zero-order valence-electron chi connectivity index (χ0n) is 9.77. The zero-order valence-corrected chi connectivity index (χ0v) is 9.77. The summed E-state index contributed by atoms with van der Waals surface area (Å²) in [4.78, 5) is 4.05. The van der Waals surface area contributed by atoms with Crippen LogP contribution in [0.3, 0.4) is 0 Å². The van der Waals surface area contributed by atoms with E-state index in [1.807, 2.05) is 32.0 Å². The highest BCUT2D eigenvalue weighted by molar-refractivity contribution is 5.41. The first kappa shape index (κ1) is 11.2. The molecule has 0 saturated heterocycles. The van der Waals surface area contributed by atoms with Crippen molar-refractivity contribution in [3.63, 3.8) is 0 Å². The lowest BCUT2D eigenvalue weighted by molar-refractivity contribution is 0.461. The molecule has 2 rings (SSSR count). The van der Waals surface area contributed by atoms with E-state index in [2.05, 4.69) is 11.1 Å². The number of nitriles is 1. The largest absolute Gasteiger partial charge is 0.438 e. The topological polar surface area (TPSA) is 45.9 Å². The van der Waals surface area contributed by atoms with Gasteiger partial charge in [-0.1, -0.05) is 6.07 Å². The lowest BCUT2D eigenvalue weighted by Crippen LogP contribution is -1.92. The van der Waals surface area contributed by atoms with Crippen LogP contribution in [0.1, 0.15) is 16.7 Å². The molecule has 0 radical (unpaired) electrons. The zero-order chi connectivity index (χ0) is 12.3. The molecule has 0 atom stereocenters. The van der Waals surface area contributed by atoms with Gasteiger partial charge in [-0.15, -0.1) is 0 Å². The Morgan fingerprint density at radius 1 is 1.18 bits per heavy atom. The van der Waals surface area contributed by atoms with E-state index in [0.29, 0.717) is 17.2 Å². The van der Waals surface area contributed by atoms with Crippen LogP contribution in [0.15, 0.2) is 36.5 Å². The Hall–Kier alpha value is -2.34. The molecule has 3 nitrogen and oxygen atoms in total. The Morgan fingerprint density at radius 3 is 2.71 bits per heavy atom. The Balaban J connectivity index is 2.32. The van der Waals surface area contributed by atoms with Crippen molar-refractivity contribution in [3.05, 3.63) is 53.2 Å². The van der Waals surface area contributed by atoms with Crippen LogP contribution in [0.5, 0.6) is 11.6 Å². The highest BCUT2D eigenvalue weighted by Gasteiger charge is 2.05. The van der Waals surface area contributed by atoms with Crippen molar-refractivity contribution in [1.82, 2.24) is 4.98 Å². The van der Waals surface area contributed by atoms with Crippen LogP contribution in [0.4, 0.5) is 0 Å². The van der Waals surface area contributed by atoms with E-state index in [1.54, 1.807) is 18.3 Å². The number of rotatable bonds is 2. The van der Waals surface area contributed by atoms with Crippen molar-refractivity contribution in [2.24, 2.45) is 0 Å². The highest BCUT2D eigenvalue weighted by atomic mass is 16.5. The summed E-state index contributed by atoms with van der Waals surface area (Å²) in [5.41, 5.74) is 2.79. The van der Waals surface area contributed by atoms with Gasteiger partial charge in [0, 0.05) is 6.20 Å². The van der Waals surface area contributed by atoms with Gasteiger partial charge in [-0.25, -0.2) is 4.98 Å². The molecule has 1 heterocycles. The molecule has 0 aliphatic carbocycles. The summed E-state index contributed by atoms with van der Waals surface area (Å²) in [6.45, 7) is 4.06. The first-order valence-corrected chi connectivity index (χ1v) is 5.31. The number of benzene rings is 1. The fourth-order valence-electron chi connectivity index (χ4n) is 1.45. The summed E-state index contributed by atoms with van der Waals surface area (Å²) in [5, 5.41) is 8.93. The molecule has 0 fully saturated rings. The van der Waals surface area contributed by atoms with Gasteiger partial charge in [0.05, 0.1) is 0 Å². The highest BCUT2D eigenvalue weighted by Crippen LogP contribution is 2.24. The smallest absolute Gasteiger partial charge is 0.237 e. The van der Waals surface area contributed by atoms with Crippen molar-refractivity contribution >= 4 is 0 Å². The van der Waals surface area contributed by atoms with Gasteiger partial charge in [-0.3, -0.25) is 0 Å². The minimum Gasteiger partial charge on any atom is -0.438 e. The molecule has 0 spiro atoms. The third-order valence-corrected chi connectivity index (χ3v) is 2.58. The predicted molar refractivity (Wildman–Crippen MR) is 64.9 cm³/mol. The second-order valence-corrected chi connectivity index (χ2v) is 3.82. The summed E-state index contributed by atoms with van der Waals surface area (Å²) in [6, 6.07) is 11.2. The third kappa shape index (κ3) is 2.43. The molecule has 0 N–H and O–H groups in total. The average Bonchev–Trinajstić information content (AvgIpc) is 2.34. The maximum absolute atomic E-state index is 8.93. The normalized spacial score (nSPS) is 9.71. The Morgan fingerprint density at radius 2 is 2.00 bits per heavy atom. The third-order valence-electron chi connectivity index (χ3n) is 2.58. The van der Waals surface area contributed by atoms with Gasteiger partial charge in [0.25, 0.3) is 0 Å². The van der Waals surface area contributed by atoms with Crippen molar-refractivity contribution in [3.8, 4) is 17.7 Å². The van der Waals surface area contributed by atoms with E-state index in [4.69, 9.17) is 10.00 Å². The maximum atomic E-state index is 8.93. The van der Waals surface area contributed by atoms with Crippen molar-refractivity contribution in [2.45, 2.75) is 13.8 Å². The number of aryl methyl sites for hydroxylation is 2. The second kappa shape index (κ2) is 4.67. The minimum absolute atomic E-state index is 0.346. The van der Waals surface area contributed by atoms with Crippen LogP contribution >= 0.6 is 0 Å². The van der Waals surface area contributed by atoms with Gasteiger partial charge < -0.3 is 4.74 Å². The molecule has 2 aromatic rings. The number of hydrogen-bond donors (Lipinski definition) is 0. The van der Waals surface area contributed by atoms with Gasteiger partial charge in [-0.05, 0) is 49.2 Å². The number of pyridine rings is 1. The van der Waals surface area contributed by atoms with Crippen LogP contribution in [-0.2, 0) is 0 Å². The fourth-order valence-corrected chi connectivity index (χ4v) is 1.45. The van der Waals surface area contributed by atoms with E-state index < -0.39 is 0 Å². The van der Waals surface area contributed by atoms with Gasteiger partial charge in [-0.2, -0.15) is 5.26 Å². The Bertz CT molecular complexity index is 585. The molecule has 0 saturated carbocycles. The Kier molecular flexibility index (Phi) is 3.06. The first-order valence-electron chi connectivity index (χ1n) is 5.31. The first-order chi connectivity index (χ1) is 8.20. The lowest BCUT2D eigenvalue weighted by atomic mass is 10.1. The van der Waals surface area contributed by atoms with E-state index in [1.165, 1.54) is 5.56 Å². The number of ether oxygens (including phenoxy) is 1. The van der Waals surface area contributed by atoms with Gasteiger partial charge in [0.1, 0.15) is 17.4 Å². The summed E-state index contributed by atoms with van der Waals surface area (Å²) in [6.07, 6.45) is 1.61. The summed E-state index contributed by atoms with van der Waals surface area (Å²) < 4.78 is 5.60. The lowest BCUT2D eigenvalue weighted by Gasteiger charge is -2.07. The molecule has 1 aromatic carbocycles. The molecular formula is C14H12N2O. The SMILES string of the molecule is Cc1ccc(Oc2ncccc2C#N)cc1C. The monoisotopic (exact) mass is 224 g/mol. The quantitative estimate of drug-likeness (QED) is 0.785. The average molecular weight is 224 g/mol. The number of aromatic nitrogens is 1. The van der Waals surface area contributed by atoms with Crippen LogP contribution < -0.4 is 4.74 Å². The molecule has 0 bridgehead atoms. The molecular weight excluding hydrogens is 212 g/mol. The van der Waals surface area contributed by atoms with E-state index in [0.717, 1.165) is 5.56 Å². The van der Waals surface area contributed by atoms with Crippen molar-refractivity contribution in [2.75, 3.05) is 0 Å². The maximum Gasteiger partial charge on any atom is 0.237 e. The van der Waals surface area contributed by atoms with Gasteiger partial charge in [0.15, 0.2) is 0 Å². The fraction of sp³-hybridized carbons (Fsp3) is 0.143. The molecule has 0 aliphatic heterocycles. The molecule has 17 heavy (non-hydrogen) atoms. The van der Waals surface area contributed by atoms with Crippen molar-refractivity contribution < 1.29 is 4.74 Å². The summed E-state index contributed by atoms with van der Waals surface area (Å²) in [5.74, 6) is 1.04. The van der Waals surface area contributed by atoms with Gasteiger partial charge >= 0.3 is 0 Å². The molecule has 0 unspecified atom stereocenters. The van der Waals surface area contributed by atoms with E-state index >= 15 is 0 Å². The molecule has 84 valence electrons. The van der Waals surface area contributed by atoms with E-state index in [9.17, 15) is 0 Å². The number of nitrogens with zero attached hydrogens (tertiary/aromatic N) is 2. The van der Waals surface area contributed by atoms with E-state index in [-0.39, 0.29) is 0 Å². The number of hydrogen-bond acceptors (Lipinski definition) is 3. The summed E-state index contributed by atoms with van der Waals surface area (Å²) >= 11 is 0. The second-order valence-electron chi connectivity index (χ2n) is 3.82. The molecule has 0 amide bonds. The van der Waals surface area contributed by atoms with Gasteiger partial charge in [0.2, 0.25) is 5.88 Å². The van der Waals surface area contributed by atoms with Crippen LogP contribution in [0.25, 0.3) is 0 Å². The minimum atomic E-state index is 0.346. The van der Waals surface area contributed by atoms with Crippen LogP contribution in [-0.4, -0.2) is 4.98 Å². The van der Waals surface area contributed by atoms with Crippen LogP contribution in [0.2, 0.25) is 0 Å². The standard InChI is InChI=1S/C14H12N2O/c1-10-5-6-13(8-11(10)2)17-14-12(9-15)4-3-7-16-14/h3-8H,1-2H3. The molecule has 0 aliphatic rings. The Labute approximate surface area is 100 Å². The van der Waals surface area contributed by atoms with Crippen LogP contribution in [0, 0.1) is 25.2 Å². The molecule has 3 heteroatoms. The predicted octanol–water partition coefficient (Wildman–Crippen LogP) is 3.36. The molecule has 1 aromatic heterocycles.